The van der Waals surface area contributed by atoms with E-state index in [-0.39, 0.29) is 46.8 Å². The van der Waals surface area contributed by atoms with Crippen molar-refractivity contribution in [2.45, 2.75) is 12.5 Å². The molecule has 1 aliphatic heterocycles. The third-order valence-corrected chi connectivity index (χ3v) is 6.00. The van der Waals surface area contributed by atoms with Gasteiger partial charge in [0.1, 0.15) is 36.0 Å². The Kier molecular flexibility index (Phi) is 6.11. The first-order chi connectivity index (χ1) is 17.7. The summed E-state index contributed by atoms with van der Waals surface area (Å²) < 4.78 is 76.5. The minimum atomic E-state index is -1.77. The molecule has 14 heteroatoms. The average Bonchev–Trinajstić information content (AvgIpc) is 3.51. The minimum absolute atomic E-state index is 0.00615. The zero-order valence-electron chi connectivity index (χ0n) is 18.8. The molecule has 3 heterocycles. The van der Waals surface area contributed by atoms with Gasteiger partial charge in [0.15, 0.2) is 17.3 Å². The molecule has 192 valence electrons. The number of carbonyl (C=O) groups is 1. The van der Waals surface area contributed by atoms with Crippen LogP contribution in [0.1, 0.15) is 12.5 Å². The van der Waals surface area contributed by atoms with Crippen LogP contribution in [0.2, 0.25) is 0 Å². The number of anilines is 1. The molecule has 0 radical (unpaired) electrons. The van der Waals surface area contributed by atoms with Crippen LogP contribution in [0.3, 0.4) is 0 Å². The lowest BCUT2D eigenvalue weighted by atomic mass is 10.1. The Hall–Kier alpha value is -4.33. The number of likely N-dealkylation sites (tertiary alicyclic amines) is 1. The number of aromatic nitrogens is 4. The molecule has 4 aromatic rings. The first-order valence-electron chi connectivity index (χ1n) is 10.9. The summed E-state index contributed by atoms with van der Waals surface area (Å²) in [5.74, 6) is -10.1. The van der Waals surface area contributed by atoms with Crippen LogP contribution in [-0.2, 0) is 4.79 Å². The lowest BCUT2D eigenvalue weighted by Gasteiger charge is -2.15. The fourth-order valence-corrected chi connectivity index (χ4v) is 4.22. The van der Waals surface area contributed by atoms with Crippen LogP contribution < -0.4 is 10.5 Å². The number of ether oxygens (including phenoxy) is 1. The fraction of sp³-hybridized carbons (Fsp3) is 0.217. The summed E-state index contributed by atoms with van der Waals surface area (Å²) in [5.41, 5.74) is 6.29. The van der Waals surface area contributed by atoms with Crippen molar-refractivity contribution in [3.8, 4) is 22.8 Å². The van der Waals surface area contributed by atoms with Crippen molar-refractivity contribution >= 4 is 22.8 Å². The number of nitrogens with zero attached hydrogens (tertiary/aromatic N) is 5. The molecule has 1 saturated heterocycles. The second kappa shape index (κ2) is 9.28. The van der Waals surface area contributed by atoms with Gasteiger partial charge in [0.25, 0.3) is 0 Å². The number of hydrogen-bond donors (Lipinski definition) is 2. The minimum Gasteiger partial charge on any atom is -0.451 e. The van der Waals surface area contributed by atoms with Gasteiger partial charge in [-0.05, 0) is 18.6 Å². The number of amides is 1. The molecule has 0 saturated carbocycles. The number of benzene rings is 2. The van der Waals surface area contributed by atoms with Crippen LogP contribution in [0.15, 0.2) is 30.6 Å². The zero-order chi connectivity index (χ0) is 26.4. The summed E-state index contributed by atoms with van der Waals surface area (Å²) in [7, 11) is 0. The molecule has 1 aliphatic rings. The Balaban J connectivity index is 1.54. The van der Waals surface area contributed by atoms with E-state index in [1.54, 1.807) is 0 Å². The van der Waals surface area contributed by atoms with E-state index >= 15 is 4.39 Å². The van der Waals surface area contributed by atoms with E-state index in [4.69, 9.17) is 15.6 Å². The number of rotatable bonds is 5. The average molecular weight is 520 g/mol. The Morgan fingerprint density at radius 3 is 2.49 bits per heavy atom. The maximum Gasteiger partial charge on any atom is 0.248 e. The fourth-order valence-electron chi connectivity index (χ4n) is 4.22. The van der Waals surface area contributed by atoms with Crippen LogP contribution in [-0.4, -0.2) is 55.4 Å². The second-order valence-electron chi connectivity index (χ2n) is 8.23. The highest BCUT2D eigenvalue weighted by molar-refractivity contribution is 5.98. The molecule has 5 rings (SSSR count). The standard InChI is InChI=1S/C23H17F5N6O3/c24-13-5-11(37-21-18(27)14(25)6-15(26)19(21)28)1-2-12(13)20-17-22(29)30-9-31-23(17)34(32-20)10-3-4-33(7-10)16(36)8-35/h1-2,5-6,9-10,35H,3-4,7-8H2,(H2,29,30,31)/t10-/m1/s1. The van der Waals surface area contributed by atoms with Crippen LogP contribution in [0.25, 0.3) is 22.3 Å². The van der Waals surface area contributed by atoms with Gasteiger partial charge < -0.3 is 20.5 Å². The number of hydrogen-bond acceptors (Lipinski definition) is 7. The highest BCUT2D eigenvalue weighted by Gasteiger charge is 2.31. The lowest BCUT2D eigenvalue weighted by molar-refractivity contribution is -0.133. The molecular weight excluding hydrogens is 503 g/mol. The van der Waals surface area contributed by atoms with Gasteiger partial charge in [0, 0.05) is 30.8 Å². The molecule has 37 heavy (non-hydrogen) atoms. The summed E-state index contributed by atoms with van der Waals surface area (Å²) in [4.78, 5) is 21.5. The number of carbonyl (C=O) groups excluding carboxylic acids is 1. The summed E-state index contributed by atoms with van der Waals surface area (Å²) in [6.45, 7) is -0.0335. The smallest absolute Gasteiger partial charge is 0.248 e. The van der Waals surface area contributed by atoms with Crippen LogP contribution in [0.5, 0.6) is 11.5 Å². The third-order valence-electron chi connectivity index (χ3n) is 6.00. The van der Waals surface area contributed by atoms with Crippen molar-refractivity contribution in [2.24, 2.45) is 0 Å². The molecular formula is C23H17F5N6O3. The van der Waals surface area contributed by atoms with Crippen molar-refractivity contribution < 1.29 is 36.6 Å². The number of nitrogen functional groups attached to an aromatic ring is 1. The third kappa shape index (κ3) is 4.18. The molecule has 2 aromatic carbocycles. The van der Waals surface area contributed by atoms with Crippen molar-refractivity contribution in [3.63, 3.8) is 0 Å². The quantitative estimate of drug-likeness (QED) is 0.306. The van der Waals surface area contributed by atoms with Crippen molar-refractivity contribution in [1.82, 2.24) is 24.6 Å². The van der Waals surface area contributed by atoms with Gasteiger partial charge in [-0.25, -0.2) is 27.8 Å². The molecule has 1 atom stereocenters. The molecule has 0 bridgehead atoms. The topological polar surface area (TPSA) is 119 Å². The number of fused-ring (bicyclic) bond motifs is 1. The highest BCUT2D eigenvalue weighted by atomic mass is 19.2. The van der Waals surface area contributed by atoms with E-state index < -0.39 is 53.1 Å². The summed E-state index contributed by atoms with van der Waals surface area (Å²) in [6, 6.07) is 2.76. The van der Waals surface area contributed by atoms with Gasteiger partial charge in [0.2, 0.25) is 23.3 Å². The monoisotopic (exact) mass is 520 g/mol. The maximum absolute atomic E-state index is 15.2. The van der Waals surface area contributed by atoms with Gasteiger partial charge >= 0.3 is 0 Å². The molecule has 0 aliphatic carbocycles. The summed E-state index contributed by atoms with van der Waals surface area (Å²) in [6.07, 6.45) is 1.70. The predicted octanol–water partition coefficient (Wildman–Crippen LogP) is 3.33. The van der Waals surface area contributed by atoms with Crippen molar-refractivity contribution in [2.75, 3.05) is 25.4 Å². The van der Waals surface area contributed by atoms with Gasteiger partial charge in [0.05, 0.1) is 11.4 Å². The molecule has 3 N–H and O–H groups in total. The summed E-state index contributed by atoms with van der Waals surface area (Å²) >= 11 is 0. The van der Waals surface area contributed by atoms with Gasteiger partial charge in [-0.1, -0.05) is 0 Å². The Labute approximate surface area is 204 Å². The van der Waals surface area contributed by atoms with E-state index in [0.717, 1.165) is 12.1 Å². The number of aliphatic hydroxyl groups is 1. The number of halogens is 5. The Morgan fingerprint density at radius 1 is 1.08 bits per heavy atom. The van der Waals surface area contributed by atoms with Gasteiger partial charge in [-0.15, -0.1) is 0 Å². The predicted molar refractivity (Wildman–Crippen MR) is 119 cm³/mol. The molecule has 1 amide bonds. The number of aliphatic hydroxyl groups excluding tert-OH is 1. The molecule has 0 unspecified atom stereocenters. The molecule has 2 aromatic heterocycles. The van der Waals surface area contributed by atoms with Crippen LogP contribution in [0.4, 0.5) is 27.8 Å². The second-order valence-corrected chi connectivity index (χ2v) is 8.23. The normalized spacial score (nSPS) is 15.5. The van der Waals surface area contributed by atoms with E-state index in [1.807, 2.05) is 0 Å². The zero-order valence-corrected chi connectivity index (χ0v) is 18.8. The van der Waals surface area contributed by atoms with E-state index in [9.17, 15) is 22.4 Å². The largest absolute Gasteiger partial charge is 0.451 e. The SMILES string of the molecule is Nc1ncnc2c1c(-c1ccc(Oc3c(F)c(F)cc(F)c3F)cc1F)nn2[C@@H]1CCN(C(=O)CO)C1. The van der Waals surface area contributed by atoms with E-state index in [1.165, 1.54) is 22.0 Å². The molecule has 0 spiro atoms. The Bertz CT molecular complexity index is 1520. The number of nitrogens with two attached hydrogens (primary N) is 1. The summed E-state index contributed by atoms with van der Waals surface area (Å²) in [5, 5.41) is 13.8. The van der Waals surface area contributed by atoms with Crippen LogP contribution in [0, 0.1) is 29.1 Å². The molecule has 1 fully saturated rings. The first-order valence-corrected chi connectivity index (χ1v) is 10.9. The maximum atomic E-state index is 15.2. The first kappa shape index (κ1) is 24.4. The van der Waals surface area contributed by atoms with E-state index in [2.05, 4.69) is 15.1 Å². The van der Waals surface area contributed by atoms with Gasteiger partial charge in [-0.3, -0.25) is 4.79 Å². The van der Waals surface area contributed by atoms with Crippen molar-refractivity contribution in [1.29, 1.82) is 0 Å². The molecule has 9 nitrogen and oxygen atoms in total. The highest BCUT2D eigenvalue weighted by Crippen LogP contribution is 2.37. The van der Waals surface area contributed by atoms with E-state index in [0.29, 0.717) is 13.0 Å². The lowest BCUT2D eigenvalue weighted by Crippen LogP contribution is -2.31. The van der Waals surface area contributed by atoms with Crippen LogP contribution >= 0.6 is 0 Å². The van der Waals surface area contributed by atoms with Crippen molar-refractivity contribution in [3.05, 3.63) is 59.7 Å². The Morgan fingerprint density at radius 2 is 1.81 bits per heavy atom. The van der Waals surface area contributed by atoms with Gasteiger partial charge in [-0.2, -0.15) is 13.9 Å².